The van der Waals surface area contributed by atoms with E-state index < -0.39 is 5.60 Å². The Balaban J connectivity index is 1.48. The second-order valence-electron chi connectivity index (χ2n) is 8.00. The number of rotatable bonds is 5. The van der Waals surface area contributed by atoms with Crippen LogP contribution >= 0.6 is 0 Å². The third kappa shape index (κ3) is 3.96. The molecule has 148 valence electrons. The van der Waals surface area contributed by atoms with Crippen LogP contribution in [0.1, 0.15) is 36.8 Å². The predicted molar refractivity (Wildman–Crippen MR) is 109 cm³/mol. The topological polar surface area (TPSA) is 56.7 Å². The second-order valence-corrected chi connectivity index (χ2v) is 8.00. The average Bonchev–Trinajstić information content (AvgIpc) is 3.28. The van der Waals surface area contributed by atoms with Crippen molar-refractivity contribution in [3.8, 4) is 0 Å². The molecule has 0 bridgehead atoms. The molecule has 2 aromatic rings. The van der Waals surface area contributed by atoms with Gasteiger partial charge >= 0.3 is 0 Å². The summed E-state index contributed by atoms with van der Waals surface area (Å²) in [6, 6.07) is 13.9. The molecule has 0 unspecified atom stereocenters. The lowest BCUT2D eigenvalue weighted by Gasteiger charge is -2.48. The number of hydrogen-bond acceptors (Lipinski definition) is 4. The lowest BCUT2D eigenvalue weighted by atomic mass is 9.79. The smallest absolute Gasteiger partial charge is 0.222 e. The molecule has 2 fully saturated rings. The normalized spacial score (nSPS) is 25.8. The first-order valence-corrected chi connectivity index (χ1v) is 10.4. The molecule has 0 radical (unpaired) electrons. The average molecular weight is 380 g/mol. The summed E-state index contributed by atoms with van der Waals surface area (Å²) in [6.45, 7) is 3.19. The van der Waals surface area contributed by atoms with Gasteiger partial charge in [-0.3, -0.25) is 14.7 Å². The van der Waals surface area contributed by atoms with Crippen molar-refractivity contribution in [1.82, 2.24) is 14.8 Å². The third-order valence-electron chi connectivity index (χ3n) is 6.27. The molecule has 2 aliphatic heterocycles. The standard InChI is InChI=1S/C23H29N3O2/c27-22(11-10-19-7-6-13-24-17-19)26-16-12-23(28,20-8-2-1-3-9-20)21(18-26)25-14-4-5-15-25/h1-3,6-9,13,17,21,28H,4-5,10-12,14-16,18H2/t21-,23+/m1/s1. The highest BCUT2D eigenvalue weighted by Crippen LogP contribution is 2.37. The summed E-state index contributed by atoms with van der Waals surface area (Å²) in [5.74, 6) is 0.170. The summed E-state index contributed by atoms with van der Waals surface area (Å²) in [7, 11) is 0. The van der Waals surface area contributed by atoms with Crippen LogP contribution in [-0.2, 0) is 16.8 Å². The van der Waals surface area contributed by atoms with Gasteiger partial charge in [-0.25, -0.2) is 0 Å². The van der Waals surface area contributed by atoms with Crippen molar-refractivity contribution < 1.29 is 9.90 Å². The maximum absolute atomic E-state index is 12.9. The molecular formula is C23H29N3O2. The molecule has 2 saturated heterocycles. The Bertz CT molecular complexity index is 777. The van der Waals surface area contributed by atoms with Crippen molar-refractivity contribution in [2.75, 3.05) is 26.2 Å². The van der Waals surface area contributed by atoms with E-state index in [0.29, 0.717) is 32.4 Å². The Morgan fingerprint density at radius 3 is 2.61 bits per heavy atom. The highest BCUT2D eigenvalue weighted by Gasteiger charge is 2.46. The number of aryl methyl sites for hydroxylation is 1. The van der Waals surface area contributed by atoms with Crippen LogP contribution in [-0.4, -0.2) is 58.0 Å². The van der Waals surface area contributed by atoms with Crippen LogP contribution in [0.5, 0.6) is 0 Å². The van der Waals surface area contributed by atoms with Crippen LogP contribution in [0, 0.1) is 0 Å². The molecule has 2 aliphatic rings. The minimum absolute atomic E-state index is 0.0477. The van der Waals surface area contributed by atoms with Gasteiger partial charge in [0.15, 0.2) is 0 Å². The minimum Gasteiger partial charge on any atom is -0.383 e. The van der Waals surface area contributed by atoms with Gasteiger partial charge in [-0.2, -0.15) is 0 Å². The molecule has 5 nitrogen and oxygen atoms in total. The van der Waals surface area contributed by atoms with Gasteiger partial charge in [-0.15, -0.1) is 0 Å². The summed E-state index contributed by atoms with van der Waals surface area (Å²) >= 11 is 0. The number of nitrogens with zero attached hydrogens (tertiary/aromatic N) is 3. The van der Waals surface area contributed by atoms with Crippen LogP contribution in [0.2, 0.25) is 0 Å². The molecule has 0 saturated carbocycles. The summed E-state index contributed by atoms with van der Waals surface area (Å²) in [4.78, 5) is 21.3. The molecular weight excluding hydrogens is 350 g/mol. The first-order valence-electron chi connectivity index (χ1n) is 10.4. The number of carbonyl (C=O) groups is 1. The molecule has 1 aromatic heterocycles. The fourth-order valence-electron chi connectivity index (χ4n) is 4.64. The zero-order chi connectivity index (χ0) is 19.4. The number of likely N-dealkylation sites (tertiary alicyclic amines) is 2. The number of aliphatic hydroxyl groups is 1. The summed E-state index contributed by atoms with van der Waals surface area (Å²) < 4.78 is 0. The van der Waals surface area contributed by atoms with E-state index >= 15 is 0 Å². The maximum atomic E-state index is 12.9. The first-order chi connectivity index (χ1) is 13.7. The quantitative estimate of drug-likeness (QED) is 0.868. The van der Waals surface area contributed by atoms with E-state index in [1.54, 1.807) is 6.20 Å². The van der Waals surface area contributed by atoms with Gasteiger partial charge in [0.25, 0.3) is 0 Å². The molecule has 1 aromatic carbocycles. The lowest BCUT2D eigenvalue weighted by Crippen LogP contribution is -2.61. The van der Waals surface area contributed by atoms with Gasteiger partial charge < -0.3 is 10.0 Å². The molecule has 0 spiro atoms. The second kappa shape index (κ2) is 8.41. The van der Waals surface area contributed by atoms with Crippen molar-refractivity contribution >= 4 is 5.91 Å². The number of hydrogen-bond donors (Lipinski definition) is 1. The number of piperidine rings is 1. The predicted octanol–water partition coefficient (Wildman–Crippen LogP) is 2.60. The van der Waals surface area contributed by atoms with Gasteiger partial charge in [0.2, 0.25) is 5.91 Å². The summed E-state index contributed by atoms with van der Waals surface area (Å²) in [6.07, 6.45) is 7.68. The Morgan fingerprint density at radius 1 is 1.11 bits per heavy atom. The fraction of sp³-hybridized carbons (Fsp3) is 0.478. The number of carbonyl (C=O) groups excluding carboxylic acids is 1. The van der Waals surface area contributed by atoms with Crippen LogP contribution in [0.25, 0.3) is 0 Å². The molecule has 5 heteroatoms. The number of aromatic nitrogens is 1. The summed E-state index contributed by atoms with van der Waals surface area (Å²) in [5, 5.41) is 11.7. The van der Waals surface area contributed by atoms with E-state index in [0.717, 1.165) is 37.1 Å². The van der Waals surface area contributed by atoms with Crippen molar-refractivity contribution in [2.45, 2.75) is 43.7 Å². The van der Waals surface area contributed by atoms with Gasteiger partial charge in [0.1, 0.15) is 5.60 Å². The number of benzene rings is 1. The van der Waals surface area contributed by atoms with E-state index in [9.17, 15) is 9.90 Å². The SMILES string of the molecule is O=C(CCc1cccnc1)N1CC[C@](O)(c2ccccc2)[C@H](N2CCCC2)C1. The third-order valence-corrected chi connectivity index (χ3v) is 6.27. The molecule has 3 heterocycles. The zero-order valence-corrected chi connectivity index (χ0v) is 16.3. The van der Waals surface area contributed by atoms with E-state index in [2.05, 4.69) is 9.88 Å². The fourth-order valence-corrected chi connectivity index (χ4v) is 4.64. The molecule has 28 heavy (non-hydrogen) atoms. The lowest BCUT2D eigenvalue weighted by molar-refractivity contribution is -0.143. The van der Waals surface area contributed by atoms with Gasteiger partial charge in [0, 0.05) is 31.9 Å². The van der Waals surface area contributed by atoms with Gasteiger partial charge in [-0.1, -0.05) is 36.4 Å². The highest BCUT2D eigenvalue weighted by molar-refractivity contribution is 5.76. The Labute approximate surface area is 167 Å². The molecule has 0 aliphatic carbocycles. The Kier molecular flexibility index (Phi) is 5.74. The molecule has 2 atom stereocenters. The monoisotopic (exact) mass is 379 g/mol. The van der Waals surface area contributed by atoms with Crippen molar-refractivity contribution in [1.29, 1.82) is 0 Å². The Hall–Kier alpha value is -2.24. The van der Waals surface area contributed by atoms with E-state index in [1.165, 1.54) is 0 Å². The minimum atomic E-state index is -0.897. The first kappa shape index (κ1) is 19.1. The Morgan fingerprint density at radius 2 is 1.89 bits per heavy atom. The van der Waals surface area contributed by atoms with E-state index in [4.69, 9.17) is 0 Å². The van der Waals surface area contributed by atoms with Gasteiger partial charge in [-0.05, 0) is 56.0 Å². The zero-order valence-electron chi connectivity index (χ0n) is 16.3. The number of pyridine rings is 1. The van der Waals surface area contributed by atoms with Crippen molar-refractivity contribution in [2.24, 2.45) is 0 Å². The molecule has 1 amide bonds. The summed E-state index contributed by atoms with van der Waals surface area (Å²) in [5.41, 5.74) is 1.16. The number of amides is 1. The van der Waals surface area contributed by atoms with E-state index in [-0.39, 0.29) is 11.9 Å². The van der Waals surface area contributed by atoms with Crippen molar-refractivity contribution in [3.63, 3.8) is 0 Å². The maximum Gasteiger partial charge on any atom is 0.222 e. The van der Waals surface area contributed by atoms with E-state index in [1.807, 2.05) is 53.6 Å². The molecule has 4 rings (SSSR count). The van der Waals surface area contributed by atoms with Crippen LogP contribution < -0.4 is 0 Å². The van der Waals surface area contributed by atoms with Crippen LogP contribution in [0.3, 0.4) is 0 Å². The van der Waals surface area contributed by atoms with Crippen LogP contribution in [0.15, 0.2) is 54.9 Å². The van der Waals surface area contributed by atoms with Crippen molar-refractivity contribution in [3.05, 3.63) is 66.0 Å². The largest absolute Gasteiger partial charge is 0.383 e. The highest BCUT2D eigenvalue weighted by atomic mass is 16.3. The van der Waals surface area contributed by atoms with Gasteiger partial charge in [0.05, 0.1) is 6.04 Å². The van der Waals surface area contributed by atoms with Crippen LogP contribution in [0.4, 0.5) is 0 Å². The molecule has 1 N–H and O–H groups in total.